The molecule has 1 saturated carbocycles. The van der Waals surface area contributed by atoms with Crippen molar-refractivity contribution in [2.75, 3.05) is 33.4 Å². The highest BCUT2D eigenvalue weighted by Gasteiger charge is 2.27. The van der Waals surface area contributed by atoms with Crippen LogP contribution in [0, 0.1) is 5.92 Å². The van der Waals surface area contributed by atoms with Crippen LogP contribution in [0.25, 0.3) is 0 Å². The smallest absolute Gasteiger partial charge is 0.0593 e. The molecule has 1 fully saturated rings. The maximum atomic E-state index is 9.13. The van der Waals surface area contributed by atoms with Gasteiger partial charge in [0.05, 0.1) is 12.7 Å². The Hall–Kier alpha value is -0.120. The molecule has 0 saturated heterocycles. The molecular formula is C11H23NO2. The average molecular weight is 201 g/mol. The fourth-order valence-electron chi connectivity index (χ4n) is 1.85. The molecule has 0 spiro atoms. The van der Waals surface area contributed by atoms with Crippen molar-refractivity contribution in [1.82, 2.24) is 4.90 Å². The number of likely N-dealkylation sites (N-methyl/N-ethyl adjacent to an activating group) is 1. The quantitative estimate of drug-likeness (QED) is 0.626. The van der Waals surface area contributed by atoms with Crippen LogP contribution in [0.5, 0.6) is 0 Å². The van der Waals surface area contributed by atoms with E-state index in [9.17, 15) is 0 Å². The third-order valence-electron chi connectivity index (χ3n) is 2.75. The standard InChI is InChI=1S/C11H23NO2/c1-3-5-14-6-4-12(2)9-10-7-11(13)8-10/h10-11,13H,3-9H2,1-2H3. The van der Waals surface area contributed by atoms with Gasteiger partial charge in [-0.15, -0.1) is 0 Å². The van der Waals surface area contributed by atoms with Gasteiger partial charge in [-0.05, 0) is 32.2 Å². The first-order valence-corrected chi connectivity index (χ1v) is 5.66. The maximum Gasteiger partial charge on any atom is 0.0593 e. The molecule has 0 atom stereocenters. The molecule has 3 nitrogen and oxygen atoms in total. The van der Waals surface area contributed by atoms with Gasteiger partial charge in [-0.3, -0.25) is 0 Å². The van der Waals surface area contributed by atoms with Crippen molar-refractivity contribution in [2.45, 2.75) is 32.3 Å². The first-order valence-electron chi connectivity index (χ1n) is 5.66. The normalized spacial score (nSPS) is 26.6. The van der Waals surface area contributed by atoms with Crippen molar-refractivity contribution >= 4 is 0 Å². The molecule has 0 aliphatic heterocycles. The maximum absolute atomic E-state index is 9.13. The highest BCUT2D eigenvalue weighted by Crippen LogP contribution is 2.27. The second-order valence-corrected chi connectivity index (χ2v) is 4.37. The van der Waals surface area contributed by atoms with Gasteiger partial charge in [0.2, 0.25) is 0 Å². The van der Waals surface area contributed by atoms with Crippen LogP contribution in [0.2, 0.25) is 0 Å². The van der Waals surface area contributed by atoms with E-state index in [1.807, 2.05) is 0 Å². The highest BCUT2D eigenvalue weighted by molar-refractivity contribution is 4.80. The van der Waals surface area contributed by atoms with Gasteiger partial charge in [0, 0.05) is 19.7 Å². The van der Waals surface area contributed by atoms with Gasteiger partial charge in [-0.1, -0.05) is 6.92 Å². The van der Waals surface area contributed by atoms with Crippen molar-refractivity contribution in [3.05, 3.63) is 0 Å². The minimum Gasteiger partial charge on any atom is -0.393 e. The van der Waals surface area contributed by atoms with Gasteiger partial charge in [0.15, 0.2) is 0 Å². The van der Waals surface area contributed by atoms with Gasteiger partial charge in [0.25, 0.3) is 0 Å². The molecular weight excluding hydrogens is 178 g/mol. The predicted octanol–water partition coefficient (Wildman–Crippen LogP) is 1.12. The Labute approximate surface area is 87.1 Å². The van der Waals surface area contributed by atoms with Gasteiger partial charge < -0.3 is 14.7 Å². The molecule has 1 rings (SSSR count). The Balaban J connectivity index is 1.91. The van der Waals surface area contributed by atoms with E-state index in [4.69, 9.17) is 9.84 Å². The monoisotopic (exact) mass is 201 g/mol. The number of rotatable bonds is 7. The lowest BCUT2D eigenvalue weighted by Gasteiger charge is -2.34. The second-order valence-electron chi connectivity index (χ2n) is 4.37. The van der Waals surface area contributed by atoms with E-state index in [0.717, 1.165) is 45.6 Å². The summed E-state index contributed by atoms with van der Waals surface area (Å²) in [7, 11) is 2.13. The number of hydrogen-bond acceptors (Lipinski definition) is 3. The summed E-state index contributed by atoms with van der Waals surface area (Å²) < 4.78 is 5.42. The molecule has 1 aliphatic carbocycles. The fraction of sp³-hybridized carbons (Fsp3) is 1.00. The molecule has 3 heteroatoms. The van der Waals surface area contributed by atoms with Gasteiger partial charge in [0.1, 0.15) is 0 Å². The van der Waals surface area contributed by atoms with Crippen molar-refractivity contribution in [3.8, 4) is 0 Å². The van der Waals surface area contributed by atoms with Crippen LogP contribution in [-0.4, -0.2) is 49.5 Å². The molecule has 0 aromatic rings. The molecule has 0 amide bonds. The average Bonchev–Trinajstić information content (AvgIpc) is 2.10. The summed E-state index contributed by atoms with van der Waals surface area (Å²) in [5, 5.41) is 9.13. The van der Waals surface area contributed by atoms with E-state index in [2.05, 4.69) is 18.9 Å². The number of hydrogen-bond donors (Lipinski definition) is 1. The summed E-state index contributed by atoms with van der Waals surface area (Å²) in [6.45, 7) is 5.94. The first kappa shape index (κ1) is 12.0. The lowest BCUT2D eigenvalue weighted by atomic mass is 9.82. The predicted molar refractivity (Wildman–Crippen MR) is 57.3 cm³/mol. The lowest BCUT2D eigenvalue weighted by molar-refractivity contribution is 0.0232. The Morgan fingerprint density at radius 2 is 2.07 bits per heavy atom. The SMILES string of the molecule is CCCOCCN(C)CC1CC(O)C1. The van der Waals surface area contributed by atoms with Gasteiger partial charge >= 0.3 is 0 Å². The third-order valence-corrected chi connectivity index (χ3v) is 2.75. The summed E-state index contributed by atoms with van der Waals surface area (Å²) in [4.78, 5) is 2.30. The highest BCUT2D eigenvalue weighted by atomic mass is 16.5. The third kappa shape index (κ3) is 4.40. The number of aliphatic hydroxyl groups is 1. The largest absolute Gasteiger partial charge is 0.393 e. The molecule has 1 N–H and O–H groups in total. The van der Waals surface area contributed by atoms with Crippen LogP contribution in [0.4, 0.5) is 0 Å². The zero-order valence-corrected chi connectivity index (χ0v) is 9.41. The Kier molecular flexibility index (Phi) is 5.45. The van der Waals surface area contributed by atoms with Gasteiger partial charge in [-0.25, -0.2) is 0 Å². The van der Waals surface area contributed by atoms with Crippen LogP contribution >= 0.6 is 0 Å². The van der Waals surface area contributed by atoms with Gasteiger partial charge in [-0.2, -0.15) is 0 Å². The summed E-state index contributed by atoms with van der Waals surface area (Å²) in [6.07, 6.45) is 3.04. The van der Waals surface area contributed by atoms with E-state index in [0.29, 0.717) is 5.92 Å². The van der Waals surface area contributed by atoms with Crippen molar-refractivity contribution in [1.29, 1.82) is 0 Å². The molecule has 0 aromatic carbocycles. The van der Waals surface area contributed by atoms with Crippen LogP contribution < -0.4 is 0 Å². The summed E-state index contributed by atoms with van der Waals surface area (Å²) in [5.74, 6) is 0.709. The number of nitrogens with zero attached hydrogens (tertiary/aromatic N) is 1. The molecule has 14 heavy (non-hydrogen) atoms. The van der Waals surface area contributed by atoms with E-state index in [-0.39, 0.29) is 6.10 Å². The minimum absolute atomic E-state index is 0.0234. The van der Waals surface area contributed by atoms with Crippen LogP contribution in [0.1, 0.15) is 26.2 Å². The van der Waals surface area contributed by atoms with Crippen molar-refractivity contribution in [2.24, 2.45) is 5.92 Å². The molecule has 0 aromatic heterocycles. The second kappa shape index (κ2) is 6.38. The van der Waals surface area contributed by atoms with E-state index >= 15 is 0 Å². The number of ether oxygens (including phenoxy) is 1. The molecule has 84 valence electrons. The van der Waals surface area contributed by atoms with Crippen LogP contribution in [-0.2, 0) is 4.74 Å². The first-order chi connectivity index (χ1) is 6.72. The molecule has 0 bridgehead atoms. The topological polar surface area (TPSA) is 32.7 Å². The summed E-state index contributed by atoms with van der Waals surface area (Å²) in [6, 6.07) is 0. The van der Waals surface area contributed by atoms with E-state index in [1.54, 1.807) is 0 Å². The molecule has 1 aliphatic rings. The zero-order chi connectivity index (χ0) is 10.4. The molecule has 0 radical (unpaired) electrons. The fourth-order valence-corrected chi connectivity index (χ4v) is 1.85. The van der Waals surface area contributed by atoms with Crippen molar-refractivity contribution in [3.63, 3.8) is 0 Å². The summed E-state index contributed by atoms with van der Waals surface area (Å²) >= 11 is 0. The van der Waals surface area contributed by atoms with Crippen molar-refractivity contribution < 1.29 is 9.84 Å². The minimum atomic E-state index is -0.0234. The van der Waals surface area contributed by atoms with E-state index < -0.39 is 0 Å². The van der Waals surface area contributed by atoms with E-state index in [1.165, 1.54) is 0 Å². The summed E-state index contributed by atoms with van der Waals surface area (Å²) in [5.41, 5.74) is 0. The van der Waals surface area contributed by atoms with Crippen LogP contribution in [0.3, 0.4) is 0 Å². The van der Waals surface area contributed by atoms with Crippen LogP contribution in [0.15, 0.2) is 0 Å². The lowest BCUT2D eigenvalue weighted by Crippen LogP contribution is -2.38. The molecule has 0 heterocycles. The molecule has 0 unspecified atom stereocenters. The Bertz CT molecular complexity index is 146. The Morgan fingerprint density at radius 1 is 1.36 bits per heavy atom. The Morgan fingerprint density at radius 3 is 2.64 bits per heavy atom. The zero-order valence-electron chi connectivity index (χ0n) is 9.41. The number of aliphatic hydroxyl groups excluding tert-OH is 1.